The van der Waals surface area contributed by atoms with Crippen molar-refractivity contribution in [3.05, 3.63) is 83.9 Å². The first-order chi connectivity index (χ1) is 15.9. The van der Waals surface area contributed by atoms with Gasteiger partial charge in [0.25, 0.3) is 0 Å². The fourth-order valence-corrected chi connectivity index (χ4v) is 5.04. The molecule has 0 saturated heterocycles. The minimum absolute atomic E-state index is 0.184. The van der Waals surface area contributed by atoms with E-state index in [0.717, 1.165) is 56.0 Å². The highest BCUT2D eigenvalue weighted by Crippen LogP contribution is 2.38. The molecule has 0 bridgehead atoms. The third-order valence-electron chi connectivity index (χ3n) is 6.75. The second-order valence-electron chi connectivity index (χ2n) is 9.87. The minimum atomic E-state index is -0.184. The lowest BCUT2D eigenvalue weighted by Gasteiger charge is -2.25. The second-order valence-corrected chi connectivity index (χ2v) is 9.87. The SMILES string of the molecule is CC(C)c1cccc2c1oc1cc(CC(C)(C)c3cccc4c3oc3cnccc34)ncc12. The van der Waals surface area contributed by atoms with Gasteiger partial charge >= 0.3 is 0 Å². The normalized spacial score (nSPS) is 12.6. The summed E-state index contributed by atoms with van der Waals surface area (Å²) < 4.78 is 12.6. The molecule has 0 spiro atoms. The van der Waals surface area contributed by atoms with E-state index in [1.54, 1.807) is 6.20 Å². The van der Waals surface area contributed by atoms with Crippen molar-refractivity contribution >= 4 is 43.9 Å². The number of benzene rings is 2. The maximum Gasteiger partial charge on any atom is 0.153 e. The molecule has 2 aromatic carbocycles. The molecule has 33 heavy (non-hydrogen) atoms. The van der Waals surface area contributed by atoms with Crippen LogP contribution >= 0.6 is 0 Å². The van der Waals surface area contributed by atoms with E-state index in [2.05, 4.69) is 75.1 Å². The lowest BCUT2D eigenvalue weighted by Crippen LogP contribution is -2.21. The van der Waals surface area contributed by atoms with Crippen LogP contribution in [0.3, 0.4) is 0 Å². The van der Waals surface area contributed by atoms with Gasteiger partial charge in [0.05, 0.1) is 6.20 Å². The van der Waals surface area contributed by atoms with Crippen LogP contribution in [0.25, 0.3) is 43.9 Å². The smallest absolute Gasteiger partial charge is 0.153 e. The van der Waals surface area contributed by atoms with E-state index in [-0.39, 0.29) is 5.41 Å². The topological polar surface area (TPSA) is 52.1 Å². The average molecular weight is 435 g/mol. The van der Waals surface area contributed by atoms with E-state index in [0.29, 0.717) is 5.92 Å². The molecule has 0 radical (unpaired) electrons. The summed E-state index contributed by atoms with van der Waals surface area (Å²) in [5.74, 6) is 0.403. The number of para-hydroxylation sites is 2. The molecular formula is C29H26N2O2. The van der Waals surface area contributed by atoms with Crippen molar-refractivity contribution in [2.45, 2.75) is 45.4 Å². The zero-order valence-electron chi connectivity index (χ0n) is 19.3. The molecule has 0 N–H and O–H groups in total. The van der Waals surface area contributed by atoms with Crippen LogP contribution in [0, 0.1) is 0 Å². The quantitative estimate of drug-likeness (QED) is 0.283. The van der Waals surface area contributed by atoms with E-state index >= 15 is 0 Å². The van der Waals surface area contributed by atoms with Crippen molar-refractivity contribution in [3.63, 3.8) is 0 Å². The van der Waals surface area contributed by atoms with E-state index < -0.39 is 0 Å². The maximum absolute atomic E-state index is 6.35. The second kappa shape index (κ2) is 7.17. The number of fused-ring (bicyclic) bond motifs is 6. The molecule has 164 valence electrons. The molecule has 4 heteroatoms. The summed E-state index contributed by atoms with van der Waals surface area (Å²) in [4.78, 5) is 9.05. The molecule has 0 unspecified atom stereocenters. The van der Waals surface area contributed by atoms with Gasteiger partial charge in [-0.2, -0.15) is 0 Å². The predicted molar refractivity (Wildman–Crippen MR) is 134 cm³/mol. The van der Waals surface area contributed by atoms with Gasteiger partial charge in [-0.25, -0.2) is 0 Å². The summed E-state index contributed by atoms with van der Waals surface area (Å²) in [5, 5.41) is 4.43. The Morgan fingerprint density at radius 3 is 2.39 bits per heavy atom. The molecule has 0 aliphatic rings. The van der Waals surface area contributed by atoms with Crippen LogP contribution in [0.15, 0.2) is 76.0 Å². The Labute approximate surface area is 192 Å². The summed E-state index contributed by atoms with van der Waals surface area (Å²) in [5.41, 5.74) is 6.84. The van der Waals surface area contributed by atoms with Gasteiger partial charge in [-0.15, -0.1) is 0 Å². The van der Waals surface area contributed by atoms with Gasteiger partial charge in [-0.3, -0.25) is 9.97 Å². The monoisotopic (exact) mass is 434 g/mol. The van der Waals surface area contributed by atoms with Crippen LogP contribution in [-0.2, 0) is 11.8 Å². The highest BCUT2D eigenvalue weighted by molar-refractivity contribution is 6.06. The minimum Gasteiger partial charge on any atom is -0.456 e. The van der Waals surface area contributed by atoms with Crippen molar-refractivity contribution in [1.82, 2.24) is 9.97 Å². The van der Waals surface area contributed by atoms with Gasteiger partial charge < -0.3 is 8.83 Å². The standard InChI is InChI=1S/C29H26N2O2/c1-17(2)19-7-5-8-22-23-15-31-18(13-25(23)32-27(19)22)14-29(3,4)24-10-6-9-21-20-11-12-30-16-26(20)33-28(21)24/h5-13,15-17H,14H2,1-4H3. The number of nitrogens with zero attached hydrogens (tertiary/aromatic N) is 2. The Morgan fingerprint density at radius 1 is 0.818 bits per heavy atom. The number of pyridine rings is 2. The van der Waals surface area contributed by atoms with Crippen LogP contribution < -0.4 is 0 Å². The van der Waals surface area contributed by atoms with Crippen molar-refractivity contribution < 1.29 is 8.83 Å². The van der Waals surface area contributed by atoms with Crippen LogP contribution in [0.1, 0.15) is 50.4 Å². The Bertz CT molecular complexity index is 1650. The summed E-state index contributed by atoms with van der Waals surface area (Å²) in [6.07, 6.45) is 6.33. The first-order valence-corrected chi connectivity index (χ1v) is 11.5. The summed E-state index contributed by atoms with van der Waals surface area (Å²) in [7, 11) is 0. The highest BCUT2D eigenvalue weighted by atomic mass is 16.3. The van der Waals surface area contributed by atoms with E-state index in [1.165, 1.54) is 11.1 Å². The van der Waals surface area contributed by atoms with Crippen LogP contribution in [-0.4, -0.2) is 9.97 Å². The van der Waals surface area contributed by atoms with Crippen molar-refractivity contribution in [1.29, 1.82) is 0 Å². The summed E-state index contributed by atoms with van der Waals surface area (Å²) >= 11 is 0. The molecule has 0 aliphatic carbocycles. The summed E-state index contributed by atoms with van der Waals surface area (Å²) in [6, 6.07) is 16.9. The maximum atomic E-state index is 6.35. The Balaban J connectivity index is 1.44. The van der Waals surface area contributed by atoms with Gasteiger partial charge in [0.2, 0.25) is 0 Å². The van der Waals surface area contributed by atoms with E-state index in [1.807, 2.05) is 18.5 Å². The van der Waals surface area contributed by atoms with Crippen molar-refractivity contribution in [2.75, 3.05) is 0 Å². The molecule has 4 heterocycles. The molecule has 0 atom stereocenters. The molecule has 0 saturated carbocycles. The van der Waals surface area contributed by atoms with Crippen LogP contribution in [0.2, 0.25) is 0 Å². The molecule has 4 aromatic heterocycles. The van der Waals surface area contributed by atoms with Gasteiger partial charge in [-0.05, 0) is 29.4 Å². The lowest BCUT2D eigenvalue weighted by atomic mass is 9.79. The zero-order valence-corrected chi connectivity index (χ0v) is 19.3. The fourth-order valence-electron chi connectivity index (χ4n) is 5.04. The Kier molecular flexibility index (Phi) is 4.34. The van der Waals surface area contributed by atoms with Gasteiger partial charge in [0, 0.05) is 51.3 Å². The Hall–Kier alpha value is -3.66. The van der Waals surface area contributed by atoms with E-state index in [4.69, 9.17) is 13.8 Å². The first kappa shape index (κ1) is 20.0. The Morgan fingerprint density at radius 2 is 1.58 bits per heavy atom. The van der Waals surface area contributed by atoms with Crippen LogP contribution in [0.4, 0.5) is 0 Å². The van der Waals surface area contributed by atoms with Crippen molar-refractivity contribution in [3.8, 4) is 0 Å². The molecule has 4 nitrogen and oxygen atoms in total. The number of hydrogen-bond donors (Lipinski definition) is 0. The van der Waals surface area contributed by atoms with Gasteiger partial charge in [0.1, 0.15) is 16.7 Å². The first-order valence-electron chi connectivity index (χ1n) is 11.5. The summed E-state index contributed by atoms with van der Waals surface area (Å²) in [6.45, 7) is 8.88. The molecule has 0 amide bonds. The molecule has 6 aromatic rings. The number of hydrogen-bond acceptors (Lipinski definition) is 4. The van der Waals surface area contributed by atoms with Crippen molar-refractivity contribution in [2.24, 2.45) is 0 Å². The van der Waals surface area contributed by atoms with E-state index in [9.17, 15) is 0 Å². The molecule has 6 rings (SSSR count). The number of furan rings is 2. The predicted octanol–water partition coefficient (Wildman–Crippen LogP) is 7.92. The number of aromatic nitrogens is 2. The number of rotatable bonds is 4. The van der Waals surface area contributed by atoms with Gasteiger partial charge in [-0.1, -0.05) is 64.1 Å². The fraction of sp³-hybridized carbons (Fsp3) is 0.241. The molecule has 0 aliphatic heterocycles. The highest BCUT2D eigenvalue weighted by Gasteiger charge is 2.27. The van der Waals surface area contributed by atoms with Gasteiger partial charge in [0.15, 0.2) is 5.58 Å². The largest absolute Gasteiger partial charge is 0.456 e. The molecule has 0 fully saturated rings. The molecular weight excluding hydrogens is 408 g/mol. The lowest BCUT2D eigenvalue weighted by molar-refractivity contribution is 0.508. The third-order valence-corrected chi connectivity index (χ3v) is 6.75. The zero-order chi connectivity index (χ0) is 22.7. The average Bonchev–Trinajstić information content (AvgIpc) is 3.36. The van der Waals surface area contributed by atoms with Crippen LogP contribution in [0.5, 0.6) is 0 Å². The third kappa shape index (κ3) is 3.12.